The van der Waals surface area contributed by atoms with Crippen molar-refractivity contribution in [3.05, 3.63) is 42.1 Å². The first-order valence-corrected chi connectivity index (χ1v) is 4.90. The monoisotopic (exact) mass is 197 g/mol. The van der Waals surface area contributed by atoms with E-state index in [0.29, 0.717) is 12.0 Å². The molecule has 1 aromatic carbocycles. The van der Waals surface area contributed by atoms with Crippen LogP contribution in [0.3, 0.4) is 0 Å². The molecular formula is C12H15F2. The third-order valence-electron chi connectivity index (χ3n) is 2.22. The zero-order valence-electron chi connectivity index (χ0n) is 8.23. The van der Waals surface area contributed by atoms with Gasteiger partial charge in [0.15, 0.2) is 0 Å². The Morgan fingerprint density at radius 1 is 1.14 bits per heavy atom. The van der Waals surface area contributed by atoms with Crippen LogP contribution >= 0.6 is 0 Å². The van der Waals surface area contributed by atoms with E-state index >= 15 is 0 Å². The number of rotatable bonds is 5. The zero-order valence-corrected chi connectivity index (χ0v) is 8.23. The summed E-state index contributed by atoms with van der Waals surface area (Å²) in [5.74, 6) is -0.256. The third kappa shape index (κ3) is 3.44. The Labute approximate surface area is 84.0 Å². The summed E-state index contributed by atoms with van der Waals surface area (Å²) in [7, 11) is 0. The van der Waals surface area contributed by atoms with Gasteiger partial charge in [-0.05, 0) is 43.4 Å². The van der Waals surface area contributed by atoms with Crippen LogP contribution in [0.1, 0.15) is 30.4 Å². The summed E-state index contributed by atoms with van der Waals surface area (Å²) in [6.45, 7) is 3.29. The smallest absolute Gasteiger partial charge is 0.126 e. The number of halogens is 2. The van der Waals surface area contributed by atoms with E-state index in [0.717, 1.165) is 24.8 Å². The minimum Gasteiger partial charge on any atom is -0.251 e. The van der Waals surface area contributed by atoms with Crippen molar-refractivity contribution in [1.82, 2.24) is 0 Å². The lowest BCUT2D eigenvalue weighted by molar-refractivity contribution is 0.456. The van der Waals surface area contributed by atoms with Crippen LogP contribution in [0.5, 0.6) is 0 Å². The van der Waals surface area contributed by atoms with Gasteiger partial charge in [0.05, 0.1) is 6.67 Å². The summed E-state index contributed by atoms with van der Waals surface area (Å²) in [5, 5.41) is 0. The molecule has 0 bridgehead atoms. The van der Waals surface area contributed by atoms with Gasteiger partial charge in [-0.25, -0.2) is 4.39 Å². The lowest BCUT2D eigenvalue weighted by atomic mass is 10.1. The van der Waals surface area contributed by atoms with Crippen molar-refractivity contribution in [2.75, 3.05) is 6.67 Å². The van der Waals surface area contributed by atoms with Gasteiger partial charge < -0.3 is 0 Å². The van der Waals surface area contributed by atoms with E-state index in [1.54, 1.807) is 6.07 Å². The van der Waals surface area contributed by atoms with E-state index in [1.807, 2.05) is 6.07 Å². The molecule has 0 aliphatic heterocycles. The van der Waals surface area contributed by atoms with Gasteiger partial charge in [-0.1, -0.05) is 18.6 Å². The van der Waals surface area contributed by atoms with Gasteiger partial charge in [0.25, 0.3) is 0 Å². The lowest BCUT2D eigenvalue weighted by Crippen LogP contribution is -1.90. The van der Waals surface area contributed by atoms with Crippen molar-refractivity contribution in [3.63, 3.8) is 0 Å². The predicted octanol–water partition coefficient (Wildman–Crippen LogP) is 3.69. The maximum absolute atomic E-state index is 13.0. The maximum Gasteiger partial charge on any atom is 0.126 e. The molecule has 0 saturated heterocycles. The van der Waals surface area contributed by atoms with Gasteiger partial charge in [-0.3, -0.25) is 4.39 Å². The Morgan fingerprint density at radius 3 is 2.57 bits per heavy atom. The standard InChI is InChI=1S/C12H15F2/c1-10-6-7-11(9-12(10)14)5-3-2-4-8-13/h6-7,9H,1-5,8H2. The highest BCUT2D eigenvalue weighted by Gasteiger charge is 1.99. The van der Waals surface area contributed by atoms with Crippen LogP contribution in [0.25, 0.3) is 0 Å². The molecule has 77 valence electrons. The molecule has 14 heavy (non-hydrogen) atoms. The molecule has 0 N–H and O–H groups in total. The summed E-state index contributed by atoms with van der Waals surface area (Å²) in [5.41, 5.74) is 1.39. The van der Waals surface area contributed by atoms with Gasteiger partial charge in [-0.15, -0.1) is 0 Å². The van der Waals surface area contributed by atoms with Crippen molar-refractivity contribution in [2.24, 2.45) is 0 Å². The summed E-state index contributed by atoms with van der Waals surface area (Å²) >= 11 is 0. The van der Waals surface area contributed by atoms with Crippen molar-refractivity contribution in [1.29, 1.82) is 0 Å². The highest BCUT2D eigenvalue weighted by molar-refractivity contribution is 5.26. The van der Waals surface area contributed by atoms with Crippen molar-refractivity contribution < 1.29 is 8.78 Å². The van der Waals surface area contributed by atoms with Crippen molar-refractivity contribution in [2.45, 2.75) is 25.7 Å². The number of unbranched alkanes of at least 4 members (excludes halogenated alkanes) is 2. The average Bonchev–Trinajstić information content (AvgIpc) is 2.18. The number of hydrogen-bond donors (Lipinski definition) is 0. The van der Waals surface area contributed by atoms with Crippen LogP contribution in [0.4, 0.5) is 8.78 Å². The minimum atomic E-state index is -0.258. The zero-order chi connectivity index (χ0) is 10.4. The molecular weight excluding hydrogens is 182 g/mol. The summed E-state index contributed by atoms with van der Waals surface area (Å²) in [6, 6.07) is 5.07. The molecule has 0 saturated carbocycles. The average molecular weight is 197 g/mol. The van der Waals surface area contributed by atoms with Crippen molar-refractivity contribution >= 4 is 0 Å². The molecule has 0 aliphatic rings. The number of benzene rings is 1. The Balaban J connectivity index is 2.39. The molecule has 0 aliphatic carbocycles. The van der Waals surface area contributed by atoms with Crippen LogP contribution in [0.15, 0.2) is 18.2 Å². The Kier molecular flexibility index (Phi) is 4.57. The summed E-state index contributed by atoms with van der Waals surface area (Å²) < 4.78 is 24.8. The van der Waals surface area contributed by atoms with Gasteiger partial charge >= 0.3 is 0 Å². The molecule has 1 rings (SSSR count). The number of hydrogen-bond acceptors (Lipinski definition) is 0. The van der Waals surface area contributed by atoms with E-state index < -0.39 is 0 Å². The highest BCUT2D eigenvalue weighted by atomic mass is 19.1. The fraction of sp³-hybridized carbons (Fsp3) is 0.417. The van der Waals surface area contributed by atoms with Gasteiger partial charge in [0, 0.05) is 0 Å². The second kappa shape index (κ2) is 5.74. The molecule has 1 radical (unpaired) electrons. The first kappa shape index (κ1) is 11.2. The molecule has 0 fully saturated rings. The second-order valence-corrected chi connectivity index (χ2v) is 3.43. The first-order chi connectivity index (χ1) is 6.74. The van der Waals surface area contributed by atoms with Crippen LogP contribution in [-0.4, -0.2) is 6.67 Å². The summed E-state index contributed by atoms with van der Waals surface area (Å²) in [6.07, 6.45) is 3.21. The minimum absolute atomic E-state index is 0.256. The fourth-order valence-electron chi connectivity index (χ4n) is 1.35. The fourth-order valence-corrected chi connectivity index (χ4v) is 1.35. The quantitative estimate of drug-likeness (QED) is 0.631. The molecule has 1 aromatic rings. The maximum atomic E-state index is 13.0. The van der Waals surface area contributed by atoms with E-state index in [1.165, 1.54) is 6.07 Å². The van der Waals surface area contributed by atoms with Gasteiger partial charge in [-0.2, -0.15) is 0 Å². The largest absolute Gasteiger partial charge is 0.251 e. The molecule has 2 heteroatoms. The van der Waals surface area contributed by atoms with Crippen LogP contribution in [0, 0.1) is 12.7 Å². The molecule has 0 aromatic heterocycles. The van der Waals surface area contributed by atoms with Crippen LogP contribution in [-0.2, 0) is 6.42 Å². The molecule has 0 amide bonds. The van der Waals surface area contributed by atoms with Crippen LogP contribution < -0.4 is 0 Å². The Morgan fingerprint density at radius 2 is 1.93 bits per heavy atom. The molecule has 0 spiro atoms. The van der Waals surface area contributed by atoms with Crippen molar-refractivity contribution in [3.8, 4) is 0 Å². The van der Waals surface area contributed by atoms with E-state index in [9.17, 15) is 8.78 Å². The first-order valence-electron chi connectivity index (χ1n) is 4.90. The van der Waals surface area contributed by atoms with Crippen LogP contribution in [0.2, 0.25) is 0 Å². The normalized spacial score (nSPS) is 10.5. The Hall–Kier alpha value is -0.920. The molecule has 0 atom stereocenters. The van der Waals surface area contributed by atoms with Gasteiger partial charge in [0.1, 0.15) is 5.82 Å². The lowest BCUT2D eigenvalue weighted by Gasteiger charge is -2.02. The number of alkyl halides is 1. The van der Waals surface area contributed by atoms with E-state index in [2.05, 4.69) is 6.92 Å². The predicted molar refractivity (Wildman–Crippen MR) is 54.4 cm³/mol. The van der Waals surface area contributed by atoms with E-state index in [-0.39, 0.29) is 12.5 Å². The molecule has 0 unspecified atom stereocenters. The topological polar surface area (TPSA) is 0 Å². The molecule has 0 heterocycles. The number of aryl methyl sites for hydroxylation is 1. The Bertz CT molecular complexity index is 282. The van der Waals surface area contributed by atoms with Gasteiger partial charge in [0.2, 0.25) is 0 Å². The highest BCUT2D eigenvalue weighted by Crippen LogP contribution is 2.12. The van der Waals surface area contributed by atoms with E-state index in [4.69, 9.17) is 0 Å². The SMILES string of the molecule is [CH2]c1ccc(CCCCCF)cc1F. The third-order valence-corrected chi connectivity index (χ3v) is 2.22. The summed E-state index contributed by atoms with van der Waals surface area (Å²) in [4.78, 5) is 0. The second-order valence-electron chi connectivity index (χ2n) is 3.43. The molecule has 0 nitrogen and oxygen atoms in total.